The zero-order valence-electron chi connectivity index (χ0n) is 13.1. The molecular weight excluding hydrogens is 290 g/mol. The Morgan fingerprint density at radius 2 is 1.87 bits per heavy atom. The third-order valence-electron chi connectivity index (χ3n) is 3.59. The van der Waals surface area contributed by atoms with E-state index < -0.39 is 0 Å². The van der Waals surface area contributed by atoms with Gasteiger partial charge in [0.05, 0.1) is 25.0 Å². The third-order valence-corrected chi connectivity index (χ3v) is 3.59. The standard InChI is InChI=1S/C19H17NO3/c1-3-23-19(21)15-12-16(13-8-5-4-6-9-13)20-18-14(15)10-7-11-17(18)22-2/h4-12H,3H2,1-2H3. The van der Waals surface area contributed by atoms with E-state index in [9.17, 15) is 4.79 Å². The van der Waals surface area contributed by atoms with Gasteiger partial charge in [-0.3, -0.25) is 0 Å². The lowest BCUT2D eigenvalue weighted by Crippen LogP contribution is -2.07. The fraction of sp³-hybridized carbons (Fsp3) is 0.158. The van der Waals surface area contributed by atoms with E-state index in [2.05, 4.69) is 4.98 Å². The molecule has 0 unspecified atom stereocenters. The summed E-state index contributed by atoms with van der Waals surface area (Å²) in [6.07, 6.45) is 0. The second-order valence-corrected chi connectivity index (χ2v) is 5.00. The monoisotopic (exact) mass is 307 g/mol. The smallest absolute Gasteiger partial charge is 0.338 e. The molecule has 3 rings (SSSR count). The Balaban J connectivity index is 2.29. The average molecular weight is 307 g/mol. The SMILES string of the molecule is CCOC(=O)c1cc(-c2ccccc2)nc2c(OC)cccc12. The number of methoxy groups -OCH3 is 1. The first kappa shape index (κ1) is 15.0. The van der Waals surface area contributed by atoms with Crippen molar-refractivity contribution in [3.05, 3.63) is 60.2 Å². The minimum absolute atomic E-state index is 0.327. The van der Waals surface area contributed by atoms with E-state index in [-0.39, 0.29) is 5.97 Å². The predicted molar refractivity (Wildman–Crippen MR) is 89.7 cm³/mol. The predicted octanol–water partition coefficient (Wildman–Crippen LogP) is 4.09. The van der Waals surface area contributed by atoms with E-state index >= 15 is 0 Å². The number of ether oxygens (including phenoxy) is 2. The highest BCUT2D eigenvalue weighted by Gasteiger charge is 2.17. The number of aromatic nitrogens is 1. The van der Waals surface area contributed by atoms with Gasteiger partial charge in [-0.05, 0) is 19.1 Å². The molecule has 23 heavy (non-hydrogen) atoms. The van der Waals surface area contributed by atoms with Crippen LogP contribution in [0.15, 0.2) is 54.6 Å². The van der Waals surface area contributed by atoms with Crippen LogP contribution < -0.4 is 4.74 Å². The Labute approximate surface area is 134 Å². The van der Waals surface area contributed by atoms with Crippen molar-refractivity contribution >= 4 is 16.9 Å². The van der Waals surface area contributed by atoms with Gasteiger partial charge in [0.1, 0.15) is 11.3 Å². The average Bonchev–Trinajstić information content (AvgIpc) is 2.61. The van der Waals surface area contributed by atoms with Gasteiger partial charge in [0.2, 0.25) is 0 Å². The van der Waals surface area contributed by atoms with Gasteiger partial charge >= 0.3 is 5.97 Å². The molecule has 0 fully saturated rings. The summed E-state index contributed by atoms with van der Waals surface area (Å²) in [6, 6.07) is 17.0. The maximum absolute atomic E-state index is 12.4. The van der Waals surface area contributed by atoms with Crippen LogP contribution >= 0.6 is 0 Å². The number of para-hydroxylation sites is 1. The molecule has 3 aromatic rings. The summed E-state index contributed by atoms with van der Waals surface area (Å²) >= 11 is 0. The molecule has 1 aromatic heterocycles. The molecule has 0 atom stereocenters. The lowest BCUT2D eigenvalue weighted by atomic mass is 10.0. The first-order chi connectivity index (χ1) is 11.2. The highest BCUT2D eigenvalue weighted by molar-refractivity contribution is 6.06. The maximum Gasteiger partial charge on any atom is 0.338 e. The second kappa shape index (κ2) is 6.48. The number of fused-ring (bicyclic) bond motifs is 1. The summed E-state index contributed by atoms with van der Waals surface area (Å²) in [4.78, 5) is 17.0. The fourth-order valence-corrected chi connectivity index (χ4v) is 2.52. The molecule has 0 aliphatic rings. The van der Waals surface area contributed by atoms with E-state index in [1.54, 1.807) is 20.1 Å². The van der Waals surface area contributed by atoms with Gasteiger partial charge in [0.15, 0.2) is 0 Å². The van der Waals surface area contributed by atoms with Crippen molar-refractivity contribution in [2.45, 2.75) is 6.92 Å². The van der Waals surface area contributed by atoms with Crippen molar-refractivity contribution in [1.82, 2.24) is 4.98 Å². The molecule has 2 aromatic carbocycles. The molecule has 0 saturated carbocycles. The van der Waals surface area contributed by atoms with Crippen LogP contribution in [-0.4, -0.2) is 24.7 Å². The molecule has 0 spiro atoms. The molecule has 0 amide bonds. The molecule has 0 N–H and O–H groups in total. The van der Waals surface area contributed by atoms with E-state index in [1.165, 1.54) is 0 Å². The van der Waals surface area contributed by atoms with Gasteiger partial charge in [0, 0.05) is 10.9 Å². The van der Waals surface area contributed by atoms with Crippen LogP contribution in [0.1, 0.15) is 17.3 Å². The van der Waals surface area contributed by atoms with Crippen LogP contribution in [0.25, 0.3) is 22.2 Å². The third kappa shape index (κ3) is 2.88. The van der Waals surface area contributed by atoms with Crippen molar-refractivity contribution in [3.63, 3.8) is 0 Å². The topological polar surface area (TPSA) is 48.4 Å². The summed E-state index contributed by atoms with van der Waals surface area (Å²) in [5, 5.41) is 0.725. The van der Waals surface area contributed by atoms with Crippen LogP contribution in [-0.2, 0) is 4.74 Å². The van der Waals surface area contributed by atoms with Crippen LogP contribution in [0.2, 0.25) is 0 Å². The van der Waals surface area contributed by atoms with Crippen LogP contribution in [0.5, 0.6) is 5.75 Å². The quantitative estimate of drug-likeness (QED) is 0.681. The molecular formula is C19H17NO3. The molecule has 0 bridgehead atoms. The normalized spacial score (nSPS) is 10.5. The van der Waals surface area contributed by atoms with Gasteiger partial charge in [-0.25, -0.2) is 9.78 Å². The van der Waals surface area contributed by atoms with Gasteiger partial charge in [-0.15, -0.1) is 0 Å². The first-order valence-corrected chi connectivity index (χ1v) is 7.45. The highest BCUT2D eigenvalue weighted by atomic mass is 16.5. The Bertz CT molecular complexity index is 844. The van der Waals surface area contributed by atoms with Gasteiger partial charge in [0.25, 0.3) is 0 Å². The van der Waals surface area contributed by atoms with Crippen molar-refractivity contribution < 1.29 is 14.3 Å². The highest BCUT2D eigenvalue weighted by Crippen LogP contribution is 2.30. The van der Waals surface area contributed by atoms with E-state index in [1.807, 2.05) is 48.5 Å². The zero-order valence-corrected chi connectivity index (χ0v) is 13.1. The molecule has 0 saturated heterocycles. The summed E-state index contributed by atoms with van der Waals surface area (Å²) in [7, 11) is 1.59. The number of esters is 1. The molecule has 1 heterocycles. The summed E-state index contributed by atoms with van der Waals surface area (Å²) in [5.74, 6) is 0.274. The van der Waals surface area contributed by atoms with Gasteiger partial charge in [-0.1, -0.05) is 42.5 Å². The fourth-order valence-electron chi connectivity index (χ4n) is 2.52. The molecule has 0 aliphatic heterocycles. The van der Waals surface area contributed by atoms with Crippen molar-refractivity contribution in [2.75, 3.05) is 13.7 Å². The zero-order chi connectivity index (χ0) is 16.2. The minimum Gasteiger partial charge on any atom is -0.494 e. The number of pyridine rings is 1. The summed E-state index contributed by atoms with van der Waals surface area (Å²) in [6.45, 7) is 2.12. The van der Waals surface area contributed by atoms with Crippen molar-refractivity contribution in [1.29, 1.82) is 0 Å². The van der Waals surface area contributed by atoms with Gasteiger partial charge < -0.3 is 9.47 Å². The molecule has 4 heteroatoms. The number of benzene rings is 2. The van der Waals surface area contributed by atoms with Crippen LogP contribution in [0, 0.1) is 0 Å². The van der Waals surface area contributed by atoms with Crippen molar-refractivity contribution in [2.24, 2.45) is 0 Å². The minimum atomic E-state index is -0.356. The largest absolute Gasteiger partial charge is 0.494 e. The van der Waals surface area contributed by atoms with Crippen LogP contribution in [0.4, 0.5) is 0 Å². The number of nitrogens with zero attached hydrogens (tertiary/aromatic N) is 1. The number of hydrogen-bond acceptors (Lipinski definition) is 4. The Hall–Kier alpha value is -2.88. The molecule has 116 valence electrons. The van der Waals surface area contributed by atoms with E-state index in [0.717, 1.165) is 10.9 Å². The lowest BCUT2D eigenvalue weighted by Gasteiger charge is -2.11. The van der Waals surface area contributed by atoms with E-state index in [0.29, 0.717) is 29.1 Å². The maximum atomic E-state index is 12.4. The summed E-state index contributed by atoms with van der Waals surface area (Å²) in [5.41, 5.74) is 2.80. The van der Waals surface area contributed by atoms with Gasteiger partial charge in [-0.2, -0.15) is 0 Å². The van der Waals surface area contributed by atoms with E-state index in [4.69, 9.17) is 9.47 Å². The first-order valence-electron chi connectivity index (χ1n) is 7.45. The Kier molecular flexibility index (Phi) is 4.24. The summed E-state index contributed by atoms with van der Waals surface area (Å²) < 4.78 is 10.6. The molecule has 4 nitrogen and oxygen atoms in total. The number of carbonyl (C=O) groups excluding carboxylic acids is 1. The Morgan fingerprint density at radius 1 is 1.09 bits per heavy atom. The molecule has 0 aliphatic carbocycles. The molecule has 0 radical (unpaired) electrons. The second-order valence-electron chi connectivity index (χ2n) is 5.00. The van der Waals surface area contributed by atoms with Crippen molar-refractivity contribution in [3.8, 4) is 17.0 Å². The van der Waals surface area contributed by atoms with Crippen LogP contribution in [0.3, 0.4) is 0 Å². The number of hydrogen-bond donors (Lipinski definition) is 0. The Morgan fingerprint density at radius 3 is 2.57 bits per heavy atom. The number of carbonyl (C=O) groups is 1. The number of rotatable bonds is 4. The lowest BCUT2D eigenvalue weighted by molar-refractivity contribution is 0.0528.